The van der Waals surface area contributed by atoms with E-state index in [0.717, 1.165) is 11.1 Å². The molecule has 0 radical (unpaired) electrons. The van der Waals surface area contributed by atoms with Crippen LogP contribution in [-0.2, 0) is 23.8 Å². The summed E-state index contributed by atoms with van der Waals surface area (Å²) in [5.74, 6) is -3.84. The molecule has 2 aliphatic carbocycles. The molecule has 1 saturated heterocycles. The highest BCUT2D eigenvalue weighted by atomic mass is 19.4. The molecule has 2 saturated carbocycles. The second-order valence-electron chi connectivity index (χ2n) is 8.68. The van der Waals surface area contributed by atoms with Gasteiger partial charge in [-0.3, -0.25) is 9.59 Å². The number of carbonyl (C=O) groups is 2. The number of hydrogen-bond acceptors (Lipinski definition) is 5. The minimum absolute atomic E-state index is 0.198. The van der Waals surface area contributed by atoms with E-state index in [2.05, 4.69) is 4.74 Å². The fourth-order valence-corrected chi connectivity index (χ4v) is 4.67. The zero-order valence-electron chi connectivity index (χ0n) is 17.2. The van der Waals surface area contributed by atoms with E-state index in [-0.39, 0.29) is 12.8 Å². The van der Waals surface area contributed by atoms with Gasteiger partial charge in [-0.05, 0) is 52.2 Å². The Labute approximate surface area is 174 Å². The van der Waals surface area contributed by atoms with Crippen LogP contribution in [0.2, 0.25) is 0 Å². The molecule has 0 aromatic heterocycles. The molecule has 0 N–H and O–H groups in total. The van der Waals surface area contributed by atoms with E-state index in [1.165, 1.54) is 0 Å². The number of halogens is 6. The van der Waals surface area contributed by atoms with Crippen molar-refractivity contribution in [3.63, 3.8) is 0 Å². The third-order valence-electron chi connectivity index (χ3n) is 5.93. The Morgan fingerprint density at radius 2 is 1.71 bits per heavy atom. The molecule has 11 heteroatoms. The maximum absolute atomic E-state index is 12.8. The molecule has 5 unspecified atom stereocenters. The summed E-state index contributed by atoms with van der Waals surface area (Å²) in [6.07, 6.45) is -16.0. The van der Waals surface area contributed by atoms with Gasteiger partial charge < -0.3 is 14.2 Å². The molecule has 174 valence electrons. The molecule has 5 nitrogen and oxygen atoms in total. The van der Waals surface area contributed by atoms with Crippen molar-refractivity contribution >= 4 is 11.9 Å². The standard InChI is InChI=1S/C20H22F6O5/c1-8(2)5-12(9(3)4)29-13-10-6-11-14(13)30-16(27)18(11,7-10)17(28)31-15(19(21,22)23)20(24,25)26/h5,10-11,13-15H,6-7H2,1-4H3. The molecule has 31 heavy (non-hydrogen) atoms. The molecule has 5 atom stereocenters. The number of hydrogen-bond donors (Lipinski definition) is 0. The van der Waals surface area contributed by atoms with Crippen molar-refractivity contribution in [3.8, 4) is 0 Å². The van der Waals surface area contributed by atoms with Crippen LogP contribution in [-0.4, -0.2) is 42.6 Å². The molecule has 0 amide bonds. The Morgan fingerprint density at radius 1 is 1.13 bits per heavy atom. The molecule has 3 rings (SSSR count). The monoisotopic (exact) mass is 456 g/mol. The van der Waals surface area contributed by atoms with Crippen LogP contribution in [0.1, 0.15) is 40.5 Å². The van der Waals surface area contributed by atoms with Gasteiger partial charge in [0.1, 0.15) is 18.0 Å². The number of fused-ring (bicyclic) bond motifs is 1. The fourth-order valence-electron chi connectivity index (χ4n) is 4.67. The summed E-state index contributed by atoms with van der Waals surface area (Å²) in [6, 6.07) is 0. The van der Waals surface area contributed by atoms with Crippen LogP contribution in [0.15, 0.2) is 23.0 Å². The van der Waals surface area contributed by atoms with E-state index in [9.17, 15) is 35.9 Å². The zero-order valence-corrected chi connectivity index (χ0v) is 17.2. The minimum atomic E-state index is -5.86. The molecule has 0 spiro atoms. The second-order valence-corrected chi connectivity index (χ2v) is 8.68. The van der Waals surface area contributed by atoms with Gasteiger partial charge in [-0.15, -0.1) is 0 Å². The van der Waals surface area contributed by atoms with E-state index in [0.29, 0.717) is 5.76 Å². The lowest BCUT2D eigenvalue weighted by molar-refractivity contribution is -0.315. The molecular weight excluding hydrogens is 434 g/mol. The number of carbonyl (C=O) groups excluding carboxylic acids is 2. The van der Waals surface area contributed by atoms with Crippen LogP contribution in [0.25, 0.3) is 0 Å². The summed E-state index contributed by atoms with van der Waals surface area (Å²) in [5.41, 5.74) is -0.408. The Hall–Kier alpha value is -2.20. The van der Waals surface area contributed by atoms with Crippen LogP contribution >= 0.6 is 0 Å². The first-order valence-electron chi connectivity index (χ1n) is 9.63. The lowest BCUT2D eigenvalue weighted by Gasteiger charge is -2.33. The number of esters is 2. The third kappa shape index (κ3) is 3.91. The Balaban J connectivity index is 1.85. The van der Waals surface area contributed by atoms with Crippen molar-refractivity contribution < 1.29 is 50.1 Å². The molecular formula is C20H22F6O5. The lowest BCUT2D eigenvalue weighted by Crippen LogP contribution is -2.51. The van der Waals surface area contributed by atoms with Crippen LogP contribution in [0, 0.1) is 17.3 Å². The first-order chi connectivity index (χ1) is 14.1. The number of rotatable bonds is 5. The van der Waals surface area contributed by atoms with E-state index < -0.39 is 59.9 Å². The van der Waals surface area contributed by atoms with Gasteiger partial charge >= 0.3 is 24.3 Å². The van der Waals surface area contributed by atoms with Crippen LogP contribution in [0.5, 0.6) is 0 Å². The van der Waals surface area contributed by atoms with Crippen LogP contribution < -0.4 is 0 Å². The number of alkyl halides is 6. The van der Waals surface area contributed by atoms with Gasteiger partial charge in [0.05, 0.1) is 0 Å². The van der Waals surface area contributed by atoms with Crippen LogP contribution in [0.4, 0.5) is 26.3 Å². The predicted molar refractivity (Wildman–Crippen MR) is 93.2 cm³/mol. The highest BCUT2D eigenvalue weighted by molar-refractivity contribution is 6.03. The summed E-state index contributed by atoms with van der Waals surface area (Å²) >= 11 is 0. The summed E-state index contributed by atoms with van der Waals surface area (Å²) < 4.78 is 92.1. The van der Waals surface area contributed by atoms with Gasteiger partial charge in [-0.1, -0.05) is 5.57 Å². The Morgan fingerprint density at radius 3 is 2.19 bits per heavy atom. The molecule has 2 bridgehead atoms. The van der Waals surface area contributed by atoms with E-state index in [1.807, 2.05) is 13.8 Å². The lowest BCUT2D eigenvalue weighted by atomic mass is 9.73. The van der Waals surface area contributed by atoms with E-state index in [1.54, 1.807) is 19.9 Å². The van der Waals surface area contributed by atoms with Gasteiger partial charge in [0, 0.05) is 11.8 Å². The van der Waals surface area contributed by atoms with Crippen molar-refractivity contribution in [2.24, 2.45) is 17.3 Å². The third-order valence-corrected chi connectivity index (χ3v) is 5.93. The highest BCUT2D eigenvalue weighted by Crippen LogP contribution is 2.63. The van der Waals surface area contributed by atoms with Gasteiger partial charge in [0.15, 0.2) is 5.41 Å². The van der Waals surface area contributed by atoms with E-state index >= 15 is 0 Å². The molecule has 1 aliphatic heterocycles. The largest absolute Gasteiger partial charge is 0.486 e. The molecule has 0 aromatic rings. The summed E-state index contributed by atoms with van der Waals surface area (Å²) in [4.78, 5) is 25.0. The summed E-state index contributed by atoms with van der Waals surface area (Å²) in [5, 5.41) is 0. The van der Waals surface area contributed by atoms with Crippen molar-refractivity contribution in [1.29, 1.82) is 0 Å². The van der Waals surface area contributed by atoms with E-state index in [4.69, 9.17) is 9.47 Å². The van der Waals surface area contributed by atoms with Crippen molar-refractivity contribution in [3.05, 3.63) is 23.0 Å². The van der Waals surface area contributed by atoms with Crippen molar-refractivity contribution in [2.45, 2.75) is 71.2 Å². The SMILES string of the molecule is CC(C)=CC(OC1C2CC3C1OC(=O)C3(C(=O)OC(C(F)(F)F)C(F)(F)F)C2)=C(C)C. The molecule has 0 aromatic carbocycles. The van der Waals surface area contributed by atoms with Crippen molar-refractivity contribution in [2.75, 3.05) is 0 Å². The molecule has 3 fully saturated rings. The van der Waals surface area contributed by atoms with Gasteiger partial charge in [0.2, 0.25) is 0 Å². The maximum Gasteiger partial charge on any atom is 0.434 e. The maximum atomic E-state index is 12.8. The highest BCUT2D eigenvalue weighted by Gasteiger charge is 2.76. The Kier molecular flexibility index (Phi) is 5.63. The average Bonchev–Trinajstić information content (AvgIpc) is 3.18. The fraction of sp³-hybridized carbons (Fsp3) is 0.700. The average molecular weight is 456 g/mol. The number of allylic oxidation sites excluding steroid dienone is 3. The quantitative estimate of drug-likeness (QED) is 0.199. The zero-order chi connectivity index (χ0) is 23.5. The first kappa shape index (κ1) is 23.5. The normalized spacial score (nSPS) is 31.5. The Bertz CT molecular complexity index is 820. The van der Waals surface area contributed by atoms with Crippen molar-refractivity contribution in [1.82, 2.24) is 0 Å². The van der Waals surface area contributed by atoms with Gasteiger partial charge in [0.25, 0.3) is 6.10 Å². The minimum Gasteiger partial charge on any atom is -0.486 e. The van der Waals surface area contributed by atoms with Gasteiger partial charge in [-0.2, -0.15) is 26.3 Å². The van der Waals surface area contributed by atoms with Crippen LogP contribution in [0.3, 0.4) is 0 Å². The second kappa shape index (κ2) is 7.44. The first-order valence-corrected chi connectivity index (χ1v) is 9.63. The molecule has 1 heterocycles. The smallest absolute Gasteiger partial charge is 0.434 e. The van der Waals surface area contributed by atoms with Gasteiger partial charge in [-0.25, -0.2) is 0 Å². The molecule has 3 aliphatic rings. The number of ether oxygens (including phenoxy) is 3. The topological polar surface area (TPSA) is 61.8 Å². The summed E-state index contributed by atoms with van der Waals surface area (Å²) in [7, 11) is 0. The predicted octanol–water partition coefficient (Wildman–Crippen LogP) is 4.62. The summed E-state index contributed by atoms with van der Waals surface area (Å²) in [6.45, 7) is 7.31.